The van der Waals surface area contributed by atoms with Crippen LogP contribution in [0, 0.1) is 11.3 Å². The molecule has 0 aromatic carbocycles. The molecule has 1 amide bonds. The van der Waals surface area contributed by atoms with Gasteiger partial charge >= 0.3 is 0 Å². The van der Waals surface area contributed by atoms with E-state index < -0.39 is 15.4 Å². The molecule has 1 saturated heterocycles. The van der Waals surface area contributed by atoms with Crippen LogP contribution in [0.15, 0.2) is 24.4 Å². The minimum Gasteiger partial charge on any atom is -0.329 e. The Bertz CT molecular complexity index is 625. The zero-order chi connectivity index (χ0) is 17.2. The van der Waals surface area contributed by atoms with Gasteiger partial charge in [-0.1, -0.05) is 25.3 Å². The average Bonchev–Trinajstić information content (AvgIpc) is 2.91. The molecule has 0 unspecified atom stereocenters. The molecule has 0 bridgehead atoms. The highest BCUT2D eigenvalue weighted by Gasteiger charge is 2.46. The Labute approximate surface area is 145 Å². The summed E-state index contributed by atoms with van der Waals surface area (Å²) in [4.78, 5) is 12.6. The average molecular weight is 353 g/mol. The molecular weight excluding hydrogens is 324 g/mol. The van der Waals surface area contributed by atoms with Crippen molar-refractivity contribution in [3.05, 3.63) is 24.4 Å². The maximum Gasteiger partial charge on any atom is 0.234 e. The van der Waals surface area contributed by atoms with Crippen LogP contribution < -0.4 is 5.32 Å². The first-order valence-corrected chi connectivity index (χ1v) is 10.7. The Balaban J connectivity index is 1.67. The fraction of sp³-hybridized carbons (Fsp3) is 0.722. The molecule has 1 saturated carbocycles. The van der Waals surface area contributed by atoms with E-state index in [0.717, 1.165) is 18.5 Å². The number of amides is 1. The number of rotatable bonds is 5. The zero-order valence-electron chi connectivity index (χ0n) is 14.3. The molecular formula is C18H28N2O3S. The van der Waals surface area contributed by atoms with Crippen molar-refractivity contribution in [1.29, 1.82) is 0 Å². The lowest BCUT2D eigenvalue weighted by molar-refractivity contribution is -0.128. The van der Waals surface area contributed by atoms with E-state index >= 15 is 0 Å². The third-order valence-electron chi connectivity index (χ3n) is 5.77. The molecule has 1 spiro atoms. The van der Waals surface area contributed by atoms with E-state index in [1.165, 1.54) is 19.3 Å². The van der Waals surface area contributed by atoms with Gasteiger partial charge in [0.25, 0.3) is 0 Å². The van der Waals surface area contributed by atoms with Crippen molar-refractivity contribution in [2.45, 2.75) is 51.4 Å². The van der Waals surface area contributed by atoms with Crippen molar-refractivity contribution in [3.8, 4) is 0 Å². The van der Waals surface area contributed by atoms with Gasteiger partial charge in [-0.25, -0.2) is 12.7 Å². The summed E-state index contributed by atoms with van der Waals surface area (Å²) >= 11 is 0. The third-order valence-corrected chi connectivity index (χ3v) is 7.68. The van der Waals surface area contributed by atoms with Crippen LogP contribution in [0.4, 0.5) is 0 Å². The Morgan fingerprint density at radius 3 is 2.54 bits per heavy atom. The van der Waals surface area contributed by atoms with E-state index in [4.69, 9.17) is 0 Å². The Morgan fingerprint density at radius 2 is 1.92 bits per heavy atom. The molecule has 24 heavy (non-hydrogen) atoms. The number of piperidine rings is 1. The van der Waals surface area contributed by atoms with Crippen molar-refractivity contribution in [1.82, 2.24) is 9.62 Å². The molecule has 1 N–H and O–H groups in total. The molecule has 3 aliphatic rings. The van der Waals surface area contributed by atoms with Gasteiger partial charge in [-0.2, -0.15) is 0 Å². The van der Waals surface area contributed by atoms with E-state index in [0.29, 0.717) is 38.3 Å². The number of allylic oxidation sites excluding steroid dienone is 2. The number of sulfonamides is 1. The smallest absolute Gasteiger partial charge is 0.234 e. The number of hydrogen-bond acceptors (Lipinski definition) is 3. The van der Waals surface area contributed by atoms with Crippen LogP contribution in [0.1, 0.15) is 51.4 Å². The maximum absolute atomic E-state index is 12.6. The highest BCUT2D eigenvalue weighted by Crippen LogP contribution is 2.42. The van der Waals surface area contributed by atoms with E-state index in [-0.39, 0.29) is 11.7 Å². The summed E-state index contributed by atoms with van der Waals surface area (Å²) < 4.78 is 26.1. The van der Waals surface area contributed by atoms with Gasteiger partial charge in [0.2, 0.25) is 15.9 Å². The SMILES string of the molecule is C=CCCS(=O)(=O)N1CCC2(C=C(C3CCCCC3)NC2=O)CC1. The second-order valence-corrected chi connectivity index (χ2v) is 9.43. The second kappa shape index (κ2) is 7.00. The van der Waals surface area contributed by atoms with Crippen LogP contribution in [-0.2, 0) is 14.8 Å². The van der Waals surface area contributed by atoms with Crippen LogP contribution in [0.2, 0.25) is 0 Å². The highest BCUT2D eigenvalue weighted by atomic mass is 32.2. The lowest BCUT2D eigenvalue weighted by Gasteiger charge is -2.35. The zero-order valence-corrected chi connectivity index (χ0v) is 15.1. The van der Waals surface area contributed by atoms with Crippen LogP contribution in [-0.4, -0.2) is 37.5 Å². The molecule has 134 valence electrons. The summed E-state index contributed by atoms with van der Waals surface area (Å²) in [5.41, 5.74) is 0.611. The van der Waals surface area contributed by atoms with Crippen molar-refractivity contribution >= 4 is 15.9 Å². The monoisotopic (exact) mass is 352 g/mol. The first kappa shape index (κ1) is 17.7. The van der Waals surface area contributed by atoms with E-state index in [2.05, 4.69) is 18.0 Å². The molecule has 1 aliphatic carbocycles. The topological polar surface area (TPSA) is 66.5 Å². The van der Waals surface area contributed by atoms with Crippen LogP contribution >= 0.6 is 0 Å². The lowest BCUT2D eigenvalue weighted by Crippen LogP contribution is -2.46. The molecule has 6 heteroatoms. The number of carbonyl (C=O) groups excluding carboxylic acids is 1. The van der Waals surface area contributed by atoms with Crippen molar-refractivity contribution in [3.63, 3.8) is 0 Å². The van der Waals surface area contributed by atoms with E-state index in [1.807, 2.05) is 0 Å². The summed E-state index contributed by atoms with van der Waals surface area (Å²) in [5.74, 6) is 0.668. The predicted octanol–water partition coefficient (Wildman–Crippen LogP) is 2.57. The van der Waals surface area contributed by atoms with Crippen molar-refractivity contribution in [2.24, 2.45) is 11.3 Å². The fourth-order valence-corrected chi connectivity index (χ4v) is 5.65. The number of carbonyl (C=O) groups is 1. The number of nitrogens with one attached hydrogen (secondary N) is 1. The first-order valence-electron chi connectivity index (χ1n) is 9.10. The van der Waals surface area contributed by atoms with Gasteiger partial charge < -0.3 is 5.32 Å². The lowest BCUT2D eigenvalue weighted by atomic mass is 9.78. The molecule has 2 heterocycles. The van der Waals surface area contributed by atoms with Gasteiger partial charge in [0.1, 0.15) is 0 Å². The van der Waals surface area contributed by atoms with Gasteiger partial charge in [-0.05, 0) is 44.1 Å². The Hall–Kier alpha value is -1.14. The summed E-state index contributed by atoms with van der Waals surface area (Å²) in [6.07, 6.45) is 11.5. The van der Waals surface area contributed by atoms with Gasteiger partial charge in [0.05, 0.1) is 11.2 Å². The maximum atomic E-state index is 12.6. The first-order chi connectivity index (χ1) is 11.5. The molecule has 0 aromatic heterocycles. The minimum absolute atomic E-state index is 0.0752. The molecule has 5 nitrogen and oxygen atoms in total. The van der Waals surface area contributed by atoms with Gasteiger partial charge in [-0.15, -0.1) is 6.58 Å². The summed E-state index contributed by atoms with van der Waals surface area (Å²) in [6.45, 7) is 4.45. The molecule has 0 aromatic rings. The summed E-state index contributed by atoms with van der Waals surface area (Å²) in [6, 6.07) is 0. The van der Waals surface area contributed by atoms with E-state index in [1.54, 1.807) is 10.4 Å². The van der Waals surface area contributed by atoms with Gasteiger partial charge in [-0.3, -0.25) is 4.79 Å². The van der Waals surface area contributed by atoms with E-state index in [9.17, 15) is 13.2 Å². The molecule has 0 radical (unpaired) electrons. The van der Waals surface area contributed by atoms with Crippen LogP contribution in [0.3, 0.4) is 0 Å². The standard InChI is InChI=1S/C18H28N2O3S/c1-2-3-13-24(22,23)20-11-9-18(10-12-20)14-16(19-17(18)21)15-7-5-4-6-8-15/h2,14-15H,1,3-13H2,(H,19,21). The van der Waals surface area contributed by atoms with Gasteiger partial charge in [0.15, 0.2) is 0 Å². The highest BCUT2D eigenvalue weighted by molar-refractivity contribution is 7.89. The summed E-state index contributed by atoms with van der Waals surface area (Å²) in [5, 5.41) is 3.11. The minimum atomic E-state index is -3.23. The van der Waals surface area contributed by atoms with Crippen LogP contribution in [0.25, 0.3) is 0 Å². The third kappa shape index (κ3) is 3.45. The molecule has 0 atom stereocenters. The quantitative estimate of drug-likeness (QED) is 0.773. The molecule has 2 aliphatic heterocycles. The van der Waals surface area contributed by atoms with Crippen molar-refractivity contribution in [2.75, 3.05) is 18.8 Å². The van der Waals surface area contributed by atoms with Crippen LogP contribution in [0.5, 0.6) is 0 Å². The predicted molar refractivity (Wildman–Crippen MR) is 94.6 cm³/mol. The Morgan fingerprint density at radius 1 is 1.25 bits per heavy atom. The normalized spacial score (nSPS) is 25.5. The van der Waals surface area contributed by atoms with Crippen molar-refractivity contribution < 1.29 is 13.2 Å². The number of nitrogens with zero attached hydrogens (tertiary/aromatic N) is 1. The largest absolute Gasteiger partial charge is 0.329 e. The Kier molecular flexibility index (Phi) is 5.16. The van der Waals surface area contributed by atoms with Gasteiger partial charge in [0, 0.05) is 18.8 Å². The fourth-order valence-electron chi connectivity index (χ4n) is 4.18. The number of hydrogen-bond donors (Lipinski definition) is 1. The second-order valence-electron chi connectivity index (χ2n) is 7.34. The summed E-state index contributed by atoms with van der Waals surface area (Å²) in [7, 11) is -3.23. The molecule has 2 fully saturated rings. The molecule has 3 rings (SSSR count).